The van der Waals surface area contributed by atoms with E-state index < -0.39 is 5.69 Å². The van der Waals surface area contributed by atoms with E-state index in [4.69, 9.17) is 11.6 Å². The molecule has 1 unspecified atom stereocenters. The number of hydrogen-bond donors (Lipinski definition) is 4. The number of imidazole rings is 1. The van der Waals surface area contributed by atoms with Gasteiger partial charge in [-0.25, -0.2) is 9.79 Å². The Bertz CT molecular complexity index is 1450. The van der Waals surface area contributed by atoms with Crippen LogP contribution in [0.25, 0.3) is 11.7 Å². The molecule has 5 rings (SSSR count). The number of H-pyrrole nitrogens is 2. The highest BCUT2D eigenvalue weighted by Gasteiger charge is 2.21. The number of hydrogen-bond acceptors (Lipinski definition) is 7. The van der Waals surface area contributed by atoms with Gasteiger partial charge in [-0.15, -0.1) is 0 Å². The normalized spacial score (nSPS) is 16.2. The molecule has 0 bridgehead atoms. The fourth-order valence-electron chi connectivity index (χ4n) is 3.24. The zero-order chi connectivity index (χ0) is 21.5. The summed E-state index contributed by atoms with van der Waals surface area (Å²) in [4.78, 5) is 30.1. The molecule has 0 aliphatic heterocycles. The van der Waals surface area contributed by atoms with E-state index in [2.05, 4.69) is 35.3 Å². The Morgan fingerprint density at radius 2 is 2.13 bits per heavy atom. The van der Waals surface area contributed by atoms with Gasteiger partial charge in [0.15, 0.2) is 5.65 Å². The minimum atomic E-state index is -0.504. The van der Waals surface area contributed by atoms with Crippen LogP contribution in [-0.2, 0) is 0 Å². The zero-order valence-electron chi connectivity index (χ0n) is 16.5. The van der Waals surface area contributed by atoms with Crippen molar-refractivity contribution in [3.8, 4) is 5.88 Å². The summed E-state index contributed by atoms with van der Waals surface area (Å²) in [7, 11) is 0. The van der Waals surface area contributed by atoms with E-state index >= 15 is 0 Å². The lowest BCUT2D eigenvalue weighted by Crippen LogP contribution is -2.25. The highest BCUT2D eigenvalue weighted by Crippen LogP contribution is 2.25. The predicted molar refractivity (Wildman–Crippen MR) is 115 cm³/mol. The average molecular weight is 439 g/mol. The third-order valence-electron chi connectivity index (χ3n) is 4.98. The molecular weight excluding hydrogens is 420 g/mol. The van der Waals surface area contributed by atoms with Gasteiger partial charge in [0.05, 0.1) is 18.3 Å². The number of rotatable bonds is 5. The Kier molecular flexibility index (Phi) is 4.70. The molecular formula is C20H19ClN8O2. The Labute approximate surface area is 180 Å². The quantitative estimate of drug-likeness (QED) is 0.370. The van der Waals surface area contributed by atoms with Gasteiger partial charge in [-0.05, 0) is 37.5 Å². The molecule has 3 aromatic heterocycles. The molecule has 1 atom stereocenters. The summed E-state index contributed by atoms with van der Waals surface area (Å²) in [5, 5.41) is 18.8. The lowest BCUT2D eigenvalue weighted by atomic mass is 10.1. The van der Waals surface area contributed by atoms with Gasteiger partial charge in [0.2, 0.25) is 11.8 Å². The van der Waals surface area contributed by atoms with Crippen LogP contribution >= 0.6 is 11.6 Å². The van der Waals surface area contributed by atoms with Crippen molar-refractivity contribution >= 4 is 29.3 Å². The van der Waals surface area contributed by atoms with Crippen LogP contribution in [0.15, 0.2) is 40.2 Å². The number of nitrogens with zero attached hydrogens (tertiary/aromatic N) is 5. The SMILES string of the molecule is CC(Nc1nc(=NC2CC2)n2nc/c(=C\c3[nH]c(=O)[nH]c3O)c2n1)c1ccccc1Cl. The van der Waals surface area contributed by atoms with E-state index in [0.717, 1.165) is 18.4 Å². The molecule has 31 heavy (non-hydrogen) atoms. The first-order chi connectivity index (χ1) is 15.0. The van der Waals surface area contributed by atoms with Crippen LogP contribution < -0.4 is 21.8 Å². The standard InChI is InChI=1S/C20H19ClN8O2/c1-10(13-4-2-3-5-14(13)21)23-18-26-16-11(8-15-17(30)27-20(31)25-15)9-22-29(16)19(28-18)24-12-6-7-12/h2-5,8-10,12,30H,6-7H2,1H3,(H,23,24,28)(H2,25,27,31)/b11-8+. The number of benzene rings is 1. The minimum Gasteiger partial charge on any atom is -0.493 e. The van der Waals surface area contributed by atoms with Crippen molar-refractivity contribution in [2.45, 2.75) is 31.8 Å². The molecule has 158 valence electrons. The molecule has 1 fully saturated rings. The van der Waals surface area contributed by atoms with Gasteiger partial charge in [0.25, 0.3) is 5.62 Å². The predicted octanol–water partition coefficient (Wildman–Crippen LogP) is 1.28. The molecule has 11 heteroatoms. The maximum Gasteiger partial charge on any atom is 0.326 e. The monoisotopic (exact) mass is 438 g/mol. The molecule has 4 aromatic rings. The third-order valence-corrected chi connectivity index (χ3v) is 5.32. The number of aromatic nitrogens is 6. The number of aromatic amines is 2. The van der Waals surface area contributed by atoms with Gasteiger partial charge in [0.1, 0.15) is 5.69 Å². The van der Waals surface area contributed by atoms with E-state index in [0.29, 0.717) is 27.5 Å². The molecule has 0 amide bonds. The van der Waals surface area contributed by atoms with Gasteiger partial charge in [0, 0.05) is 10.2 Å². The van der Waals surface area contributed by atoms with E-state index in [1.807, 2.05) is 31.2 Å². The Hall–Kier alpha value is -3.66. The van der Waals surface area contributed by atoms with Crippen LogP contribution in [0.4, 0.5) is 5.95 Å². The van der Waals surface area contributed by atoms with Crippen molar-refractivity contribution in [3.05, 3.63) is 68.1 Å². The number of aromatic hydroxyl groups is 1. The fraction of sp³-hybridized carbons (Fsp3) is 0.250. The second-order valence-corrected chi connectivity index (χ2v) is 7.82. The maximum atomic E-state index is 11.4. The first-order valence-electron chi connectivity index (χ1n) is 9.81. The highest BCUT2D eigenvalue weighted by atomic mass is 35.5. The molecule has 1 aliphatic carbocycles. The largest absolute Gasteiger partial charge is 0.493 e. The topological polar surface area (TPSA) is 136 Å². The van der Waals surface area contributed by atoms with Crippen LogP contribution in [0.2, 0.25) is 5.02 Å². The maximum absolute atomic E-state index is 11.4. The van der Waals surface area contributed by atoms with E-state index in [9.17, 15) is 9.90 Å². The summed E-state index contributed by atoms with van der Waals surface area (Å²) in [5.41, 5.74) is 1.58. The molecule has 1 aliphatic rings. The van der Waals surface area contributed by atoms with Gasteiger partial charge in [-0.1, -0.05) is 29.8 Å². The van der Waals surface area contributed by atoms with Crippen LogP contribution in [0.5, 0.6) is 5.88 Å². The Morgan fingerprint density at radius 1 is 1.32 bits per heavy atom. The van der Waals surface area contributed by atoms with Crippen molar-refractivity contribution in [3.63, 3.8) is 0 Å². The number of fused-ring (bicyclic) bond motifs is 1. The molecule has 0 spiro atoms. The summed E-state index contributed by atoms with van der Waals surface area (Å²) in [6.07, 6.45) is 5.21. The van der Waals surface area contributed by atoms with E-state index in [1.54, 1.807) is 16.8 Å². The van der Waals surface area contributed by atoms with Crippen LogP contribution in [0.1, 0.15) is 37.1 Å². The molecule has 0 radical (unpaired) electrons. The second kappa shape index (κ2) is 7.55. The van der Waals surface area contributed by atoms with Gasteiger partial charge in [-0.3, -0.25) is 4.98 Å². The van der Waals surface area contributed by atoms with Crippen molar-refractivity contribution in [2.75, 3.05) is 5.32 Å². The van der Waals surface area contributed by atoms with E-state index in [1.165, 1.54) is 0 Å². The summed E-state index contributed by atoms with van der Waals surface area (Å²) in [6.45, 7) is 1.97. The molecule has 10 nitrogen and oxygen atoms in total. The van der Waals surface area contributed by atoms with Crippen LogP contribution in [0, 0.1) is 0 Å². The molecule has 1 saturated carbocycles. The number of nitrogens with one attached hydrogen (secondary N) is 3. The molecule has 3 heterocycles. The minimum absolute atomic E-state index is 0.148. The van der Waals surface area contributed by atoms with Gasteiger partial charge >= 0.3 is 5.69 Å². The first kappa shape index (κ1) is 19.3. The van der Waals surface area contributed by atoms with Gasteiger partial charge in [-0.2, -0.15) is 19.6 Å². The lowest BCUT2D eigenvalue weighted by Gasteiger charge is -2.15. The average Bonchev–Trinajstić information content (AvgIpc) is 3.37. The van der Waals surface area contributed by atoms with Crippen molar-refractivity contribution in [1.82, 2.24) is 29.5 Å². The number of halogens is 1. The summed E-state index contributed by atoms with van der Waals surface area (Å²) in [6, 6.07) is 7.66. The smallest absolute Gasteiger partial charge is 0.326 e. The Morgan fingerprint density at radius 3 is 2.84 bits per heavy atom. The van der Waals surface area contributed by atoms with Crippen LogP contribution in [-0.4, -0.2) is 40.7 Å². The first-order valence-corrected chi connectivity index (χ1v) is 10.2. The molecule has 0 saturated heterocycles. The van der Waals surface area contributed by atoms with Gasteiger partial charge < -0.3 is 15.4 Å². The zero-order valence-corrected chi connectivity index (χ0v) is 17.3. The molecule has 1 aromatic carbocycles. The second-order valence-electron chi connectivity index (χ2n) is 7.42. The molecule has 4 N–H and O–H groups in total. The Balaban J connectivity index is 1.63. The highest BCUT2D eigenvalue weighted by molar-refractivity contribution is 6.31. The van der Waals surface area contributed by atoms with Crippen molar-refractivity contribution in [2.24, 2.45) is 4.99 Å². The summed E-state index contributed by atoms with van der Waals surface area (Å²) in [5.74, 6) is 0.119. The van der Waals surface area contributed by atoms with E-state index in [-0.39, 0.29) is 23.7 Å². The number of anilines is 1. The summed E-state index contributed by atoms with van der Waals surface area (Å²) >= 11 is 6.33. The van der Waals surface area contributed by atoms with Crippen molar-refractivity contribution < 1.29 is 5.11 Å². The summed E-state index contributed by atoms with van der Waals surface area (Å²) < 4.78 is 1.55. The fourth-order valence-corrected chi connectivity index (χ4v) is 3.54. The van der Waals surface area contributed by atoms with Crippen molar-refractivity contribution in [1.29, 1.82) is 0 Å². The lowest BCUT2D eigenvalue weighted by molar-refractivity contribution is 0.454. The third kappa shape index (κ3) is 3.89. The van der Waals surface area contributed by atoms with Crippen LogP contribution in [0.3, 0.4) is 0 Å².